The number of aliphatic hydroxyl groups excluding tert-OH is 4. The maximum absolute atomic E-state index is 10.0. The molecule has 1 saturated heterocycles. The van der Waals surface area contributed by atoms with Crippen molar-refractivity contribution in [3.05, 3.63) is 36.4 Å². The Kier molecular flexibility index (Phi) is 6.64. The Morgan fingerprint density at radius 3 is 2.26 bits per heavy atom. The number of hydrogen-bond donors (Lipinski definition) is 4. The van der Waals surface area contributed by atoms with Crippen LogP contribution in [0.15, 0.2) is 35.7 Å². The molecule has 0 aliphatic carbocycles. The van der Waals surface area contributed by atoms with Gasteiger partial charge in [-0.2, -0.15) is 0 Å². The van der Waals surface area contributed by atoms with Crippen LogP contribution in [-0.4, -0.2) is 63.3 Å². The van der Waals surface area contributed by atoms with E-state index in [-0.39, 0.29) is 0 Å². The fraction of sp³-hybridized carbons (Fsp3) is 0.529. The summed E-state index contributed by atoms with van der Waals surface area (Å²) in [4.78, 5) is 1.01. The highest BCUT2D eigenvalue weighted by molar-refractivity contribution is 7.99. The van der Waals surface area contributed by atoms with Gasteiger partial charge in [-0.1, -0.05) is 25.6 Å². The second-order valence-electron chi connectivity index (χ2n) is 5.66. The Morgan fingerprint density at radius 2 is 1.70 bits per heavy atom. The molecule has 23 heavy (non-hydrogen) atoms. The highest BCUT2D eigenvalue weighted by atomic mass is 32.2. The zero-order chi connectivity index (χ0) is 17.0. The molecule has 6 heteroatoms. The summed E-state index contributed by atoms with van der Waals surface area (Å²) in [5.41, 5.74) is 2.18. The van der Waals surface area contributed by atoms with Gasteiger partial charge in [-0.25, -0.2) is 0 Å². The smallest absolute Gasteiger partial charge is 0.111 e. The standard InChI is InChI=1S/C17H24O5S/c1-3-10(2)11-4-6-12(7-5-11)23-9-14-16(20)17(21)15(19)13(8-18)22-14/h4-7,13-21H,2-3,8-9H2,1H3. The maximum Gasteiger partial charge on any atom is 0.111 e. The van der Waals surface area contributed by atoms with Gasteiger partial charge < -0.3 is 25.2 Å². The van der Waals surface area contributed by atoms with Crippen LogP contribution in [-0.2, 0) is 4.74 Å². The Morgan fingerprint density at radius 1 is 1.09 bits per heavy atom. The molecular weight excluding hydrogens is 316 g/mol. The molecule has 2 rings (SSSR count). The molecule has 0 aromatic heterocycles. The van der Waals surface area contributed by atoms with E-state index in [2.05, 4.69) is 13.5 Å². The first kappa shape index (κ1) is 18.4. The van der Waals surface area contributed by atoms with E-state index in [1.165, 1.54) is 11.8 Å². The SMILES string of the molecule is C=C(CC)c1ccc(SCC2OC(CO)C(O)C(O)C2O)cc1. The lowest BCUT2D eigenvalue weighted by Crippen LogP contribution is -2.59. The molecule has 128 valence electrons. The van der Waals surface area contributed by atoms with Crippen molar-refractivity contribution in [3.8, 4) is 0 Å². The third-order valence-electron chi connectivity index (χ3n) is 4.09. The normalized spacial score (nSPS) is 31.1. The van der Waals surface area contributed by atoms with Gasteiger partial charge in [0.1, 0.15) is 24.4 Å². The summed E-state index contributed by atoms with van der Waals surface area (Å²) in [5, 5.41) is 38.7. The molecule has 5 unspecified atom stereocenters. The minimum absolute atomic E-state index is 0.403. The average Bonchev–Trinajstić information content (AvgIpc) is 2.59. The molecular formula is C17H24O5S. The summed E-state index contributed by atoms with van der Waals surface area (Å²) in [5.74, 6) is 0.412. The first-order valence-corrected chi connectivity index (χ1v) is 8.68. The number of benzene rings is 1. The van der Waals surface area contributed by atoms with Crippen LogP contribution in [0.2, 0.25) is 0 Å². The van der Waals surface area contributed by atoms with Crippen molar-refractivity contribution in [2.45, 2.75) is 48.8 Å². The molecule has 1 fully saturated rings. The van der Waals surface area contributed by atoms with Crippen molar-refractivity contribution in [2.75, 3.05) is 12.4 Å². The van der Waals surface area contributed by atoms with E-state index in [9.17, 15) is 20.4 Å². The van der Waals surface area contributed by atoms with Crippen LogP contribution in [0, 0.1) is 0 Å². The molecule has 0 amide bonds. The van der Waals surface area contributed by atoms with Crippen molar-refractivity contribution < 1.29 is 25.2 Å². The van der Waals surface area contributed by atoms with Crippen molar-refractivity contribution in [2.24, 2.45) is 0 Å². The van der Waals surface area contributed by atoms with Crippen LogP contribution in [0.5, 0.6) is 0 Å². The molecule has 1 aliphatic heterocycles. The number of aliphatic hydroxyl groups is 4. The van der Waals surface area contributed by atoms with Gasteiger partial charge in [0, 0.05) is 10.6 Å². The molecule has 1 aliphatic rings. The highest BCUT2D eigenvalue weighted by Gasteiger charge is 2.43. The Hall–Kier alpha value is -0.890. The Balaban J connectivity index is 1.95. The molecule has 0 radical (unpaired) electrons. The van der Waals surface area contributed by atoms with Crippen LogP contribution < -0.4 is 0 Å². The summed E-state index contributed by atoms with van der Waals surface area (Å²) in [6, 6.07) is 7.96. The van der Waals surface area contributed by atoms with Gasteiger partial charge in [-0.05, 0) is 29.7 Å². The van der Waals surface area contributed by atoms with Crippen LogP contribution in [0.1, 0.15) is 18.9 Å². The fourth-order valence-corrected chi connectivity index (χ4v) is 3.45. The van der Waals surface area contributed by atoms with Crippen molar-refractivity contribution in [1.82, 2.24) is 0 Å². The number of rotatable bonds is 6. The van der Waals surface area contributed by atoms with E-state index in [1.807, 2.05) is 24.3 Å². The van der Waals surface area contributed by atoms with Crippen LogP contribution in [0.3, 0.4) is 0 Å². The minimum Gasteiger partial charge on any atom is -0.394 e. The van der Waals surface area contributed by atoms with E-state index >= 15 is 0 Å². The molecule has 1 heterocycles. The molecule has 1 aromatic rings. The van der Waals surface area contributed by atoms with E-state index in [0.29, 0.717) is 5.75 Å². The van der Waals surface area contributed by atoms with Crippen molar-refractivity contribution >= 4 is 17.3 Å². The van der Waals surface area contributed by atoms with E-state index in [0.717, 1.165) is 22.5 Å². The predicted molar refractivity (Wildman–Crippen MR) is 90.3 cm³/mol. The van der Waals surface area contributed by atoms with Gasteiger partial charge in [-0.15, -0.1) is 11.8 Å². The van der Waals surface area contributed by atoms with Gasteiger partial charge in [0.2, 0.25) is 0 Å². The second-order valence-corrected chi connectivity index (χ2v) is 6.75. The van der Waals surface area contributed by atoms with E-state index < -0.39 is 37.1 Å². The maximum atomic E-state index is 10.0. The number of hydrogen-bond acceptors (Lipinski definition) is 6. The number of allylic oxidation sites excluding steroid dienone is 1. The van der Waals surface area contributed by atoms with Gasteiger partial charge >= 0.3 is 0 Å². The second kappa shape index (κ2) is 8.28. The lowest BCUT2D eigenvalue weighted by Gasteiger charge is -2.40. The predicted octanol–water partition coefficient (Wildman–Crippen LogP) is 1.04. The first-order chi connectivity index (χ1) is 11.0. The topological polar surface area (TPSA) is 90.2 Å². The van der Waals surface area contributed by atoms with Crippen LogP contribution in [0.25, 0.3) is 5.57 Å². The lowest BCUT2D eigenvalue weighted by atomic mass is 9.96. The summed E-state index contributed by atoms with van der Waals surface area (Å²) in [6.45, 7) is 5.66. The molecule has 1 aromatic carbocycles. The number of ether oxygens (including phenoxy) is 1. The van der Waals surface area contributed by atoms with Gasteiger partial charge in [0.05, 0.1) is 12.7 Å². The zero-order valence-electron chi connectivity index (χ0n) is 13.1. The van der Waals surface area contributed by atoms with Crippen molar-refractivity contribution in [3.63, 3.8) is 0 Å². The van der Waals surface area contributed by atoms with Crippen molar-refractivity contribution in [1.29, 1.82) is 0 Å². The highest BCUT2D eigenvalue weighted by Crippen LogP contribution is 2.28. The molecule has 0 bridgehead atoms. The summed E-state index contributed by atoms with van der Waals surface area (Å²) >= 11 is 1.49. The van der Waals surface area contributed by atoms with E-state index in [4.69, 9.17) is 4.74 Å². The average molecular weight is 340 g/mol. The van der Waals surface area contributed by atoms with E-state index in [1.54, 1.807) is 0 Å². The van der Waals surface area contributed by atoms with Crippen LogP contribution >= 0.6 is 11.8 Å². The van der Waals surface area contributed by atoms with Gasteiger partial charge in [0.25, 0.3) is 0 Å². The third kappa shape index (κ3) is 4.35. The van der Waals surface area contributed by atoms with Gasteiger partial charge in [-0.3, -0.25) is 0 Å². The first-order valence-electron chi connectivity index (χ1n) is 7.69. The van der Waals surface area contributed by atoms with Crippen LogP contribution in [0.4, 0.5) is 0 Å². The Bertz CT molecular complexity index is 516. The quantitative estimate of drug-likeness (QED) is 0.579. The lowest BCUT2D eigenvalue weighted by molar-refractivity contribution is -0.222. The third-order valence-corrected chi connectivity index (χ3v) is 5.20. The fourth-order valence-electron chi connectivity index (χ4n) is 2.49. The summed E-state index contributed by atoms with van der Waals surface area (Å²) in [7, 11) is 0. The monoisotopic (exact) mass is 340 g/mol. The zero-order valence-corrected chi connectivity index (χ0v) is 13.9. The summed E-state index contributed by atoms with van der Waals surface area (Å²) < 4.78 is 5.49. The minimum atomic E-state index is -1.32. The molecule has 4 N–H and O–H groups in total. The summed E-state index contributed by atoms with van der Waals surface area (Å²) in [6.07, 6.45) is -4.41. The van der Waals surface area contributed by atoms with Gasteiger partial charge in [0.15, 0.2) is 0 Å². The molecule has 0 saturated carbocycles. The molecule has 5 atom stereocenters. The largest absolute Gasteiger partial charge is 0.394 e. The number of thioether (sulfide) groups is 1. The molecule has 0 spiro atoms. The molecule has 5 nitrogen and oxygen atoms in total. The Labute approximate surface area is 140 Å².